The molecular weight excluding hydrogens is 346 g/mol. The number of aliphatic carboxylic acids is 1. The Morgan fingerprint density at radius 2 is 1.91 bits per heavy atom. The number of aliphatic hydroxyl groups is 1. The van der Waals surface area contributed by atoms with Gasteiger partial charge in [0.1, 0.15) is 5.54 Å². The molecule has 23 heavy (non-hydrogen) atoms. The molecule has 0 spiro atoms. The number of carbonyl (C=O) groups is 1. The van der Waals surface area contributed by atoms with Crippen molar-refractivity contribution in [3.05, 3.63) is 0 Å². The summed E-state index contributed by atoms with van der Waals surface area (Å²) in [4.78, 5) is 13.5. The fourth-order valence-corrected chi connectivity index (χ4v) is 2.73. The van der Waals surface area contributed by atoms with Crippen LogP contribution in [0.4, 0.5) is 0 Å². The van der Waals surface area contributed by atoms with Gasteiger partial charge in [-0.3, -0.25) is 4.79 Å². The first kappa shape index (κ1) is 25.2. The zero-order chi connectivity index (χ0) is 15.9. The lowest BCUT2D eigenvalue weighted by Crippen LogP contribution is -2.50. The maximum Gasteiger partial charge on any atom is 0.451 e. The molecule has 0 aromatic heterocycles. The van der Waals surface area contributed by atoms with Crippen LogP contribution >= 0.6 is 24.8 Å². The van der Waals surface area contributed by atoms with Crippen LogP contribution in [0.15, 0.2) is 0 Å². The van der Waals surface area contributed by atoms with Gasteiger partial charge in [-0.1, -0.05) is 12.8 Å². The second-order valence-corrected chi connectivity index (χ2v) is 6.08. The third-order valence-electron chi connectivity index (χ3n) is 4.26. The van der Waals surface area contributed by atoms with E-state index in [1.165, 1.54) is 0 Å². The Balaban J connectivity index is 0. The van der Waals surface area contributed by atoms with Gasteiger partial charge in [-0.05, 0) is 38.0 Å². The molecule has 1 fully saturated rings. The Morgan fingerprint density at radius 3 is 2.39 bits per heavy atom. The van der Waals surface area contributed by atoms with Crippen LogP contribution < -0.4 is 5.73 Å². The van der Waals surface area contributed by atoms with Crippen molar-refractivity contribution in [3.8, 4) is 0 Å². The first-order valence-corrected chi connectivity index (χ1v) is 7.59. The maximum absolute atomic E-state index is 11.4. The van der Waals surface area contributed by atoms with Gasteiger partial charge < -0.3 is 30.9 Å². The van der Waals surface area contributed by atoms with E-state index in [0.29, 0.717) is 32.2 Å². The predicted octanol–water partition coefficient (Wildman–Crippen LogP) is -0.0405. The fraction of sp³-hybridized carbons (Fsp3) is 0.923. The fourth-order valence-electron chi connectivity index (χ4n) is 2.73. The van der Waals surface area contributed by atoms with Gasteiger partial charge in [0.2, 0.25) is 0 Å². The first-order chi connectivity index (χ1) is 9.87. The summed E-state index contributed by atoms with van der Waals surface area (Å²) < 4.78 is 0. The quantitative estimate of drug-likeness (QED) is 0.268. The van der Waals surface area contributed by atoms with Crippen molar-refractivity contribution in [1.82, 2.24) is 4.90 Å². The van der Waals surface area contributed by atoms with E-state index in [-0.39, 0.29) is 43.7 Å². The van der Waals surface area contributed by atoms with Crippen LogP contribution in [0, 0.1) is 5.92 Å². The van der Waals surface area contributed by atoms with Crippen LogP contribution in [0.25, 0.3) is 0 Å². The van der Waals surface area contributed by atoms with Crippen LogP contribution in [0.3, 0.4) is 0 Å². The number of nitrogens with two attached hydrogens (primary N) is 1. The second-order valence-electron chi connectivity index (χ2n) is 6.08. The van der Waals surface area contributed by atoms with Gasteiger partial charge in [0.25, 0.3) is 0 Å². The predicted molar refractivity (Wildman–Crippen MR) is 94.1 cm³/mol. The minimum atomic E-state index is -1.35. The van der Waals surface area contributed by atoms with E-state index >= 15 is 0 Å². The van der Waals surface area contributed by atoms with Gasteiger partial charge in [0.15, 0.2) is 0 Å². The van der Waals surface area contributed by atoms with E-state index in [1.54, 1.807) is 0 Å². The molecule has 2 atom stereocenters. The number of hydrogen-bond acceptors (Lipinski definition) is 6. The molecule has 1 saturated heterocycles. The monoisotopic (exact) mass is 374 g/mol. The van der Waals surface area contributed by atoms with Crippen molar-refractivity contribution in [2.24, 2.45) is 11.7 Å². The van der Waals surface area contributed by atoms with E-state index in [0.717, 1.165) is 19.5 Å². The molecule has 0 saturated carbocycles. The summed E-state index contributed by atoms with van der Waals surface area (Å²) in [6.45, 7) is 2.45. The van der Waals surface area contributed by atoms with Crippen molar-refractivity contribution in [2.45, 2.75) is 44.0 Å². The zero-order valence-electron chi connectivity index (χ0n) is 13.3. The van der Waals surface area contributed by atoms with Crippen LogP contribution in [0.2, 0.25) is 6.32 Å². The first-order valence-electron chi connectivity index (χ1n) is 7.59. The van der Waals surface area contributed by atoms with Crippen molar-refractivity contribution < 1.29 is 25.1 Å². The Labute approximate surface area is 150 Å². The number of carboxylic acid groups (broad SMARTS) is 1. The molecule has 6 N–H and O–H groups in total. The highest BCUT2D eigenvalue weighted by molar-refractivity contribution is 6.40. The molecule has 1 rings (SSSR count). The molecule has 0 aromatic carbocycles. The molecular formula is C13H29BCl2N2O5. The molecule has 1 heterocycles. The SMILES string of the molecule is Cl.Cl.N[C@](CCCCB(O)O)(CCN1CC[C@@H](CO)C1)C(=O)O. The summed E-state index contributed by atoms with van der Waals surface area (Å²) in [6, 6.07) is 0. The van der Waals surface area contributed by atoms with E-state index in [4.69, 9.17) is 20.9 Å². The topological polar surface area (TPSA) is 127 Å². The number of carboxylic acids is 1. The average molecular weight is 375 g/mol. The summed E-state index contributed by atoms with van der Waals surface area (Å²) in [7, 11) is -1.35. The van der Waals surface area contributed by atoms with Gasteiger partial charge in [-0.2, -0.15) is 0 Å². The third-order valence-corrected chi connectivity index (χ3v) is 4.26. The van der Waals surface area contributed by atoms with E-state index in [2.05, 4.69) is 4.90 Å². The number of unbranched alkanes of at least 4 members (excludes halogenated alkanes) is 1. The molecule has 7 nitrogen and oxygen atoms in total. The Kier molecular flexibility index (Phi) is 13.5. The normalized spacial score (nSPS) is 20.3. The van der Waals surface area contributed by atoms with Crippen molar-refractivity contribution in [3.63, 3.8) is 0 Å². The third kappa shape index (κ3) is 9.09. The van der Waals surface area contributed by atoms with Crippen molar-refractivity contribution >= 4 is 37.9 Å². The Morgan fingerprint density at radius 1 is 1.26 bits per heavy atom. The molecule has 0 bridgehead atoms. The van der Waals surface area contributed by atoms with Crippen molar-refractivity contribution in [2.75, 3.05) is 26.2 Å². The number of aliphatic hydroxyl groups excluding tert-OH is 1. The van der Waals surface area contributed by atoms with Crippen LogP contribution in [-0.4, -0.2) is 70.0 Å². The Bertz CT molecular complexity index is 341. The molecule has 10 heteroatoms. The van der Waals surface area contributed by atoms with Gasteiger partial charge in [-0.15, -0.1) is 24.8 Å². The standard InChI is InChI=1S/C13H27BN2O5.2ClH/c15-13(12(18)19,4-1-2-6-14(20)21)5-8-16-7-3-11(9-16)10-17;;/h11,17,20-21H,1-10,15H2,(H,18,19);2*1H/t11-,13-;;/m1../s1. The minimum Gasteiger partial charge on any atom is -0.480 e. The summed E-state index contributed by atoms with van der Waals surface area (Å²) in [5.74, 6) is -0.724. The molecule has 138 valence electrons. The molecule has 0 aliphatic carbocycles. The number of rotatable bonds is 10. The highest BCUT2D eigenvalue weighted by Crippen LogP contribution is 2.21. The summed E-state index contributed by atoms with van der Waals surface area (Å²) in [6.07, 6.45) is 2.96. The number of halogens is 2. The van der Waals surface area contributed by atoms with Gasteiger partial charge >= 0.3 is 13.1 Å². The van der Waals surface area contributed by atoms with Gasteiger partial charge in [0.05, 0.1) is 0 Å². The summed E-state index contributed by atoms with van der Waals surface area (Å²) >= 11 is 0. The number of nitrogens with zero attached hydrogens (tertiary/aromatic N) is 1. The van der Waals surface area contributed by atoms with Gasteiger partial charge in [0, 0.05) is 19.7 Å². The lowest BCUT2D eigenvalue weighted by atomic mass is 9.81. The average Bonchev–Trinajstić information content (AvgIpc) is 2.89. The van der Waals surface area contributed by atoms with Crippen LogP contribution in [0.1, 0.15) is 32.1 Å². The molecule has 1 aliphatic heterocycles. The summed E-state index contributed by atoms with van der Waals surface area (Å²) in [5.41, 5.74) is 4.74. The van der Waals surface area contributed by atoms with Gasteiger partial charge in [-0.25, -0.2) is 0 Å². The smallest absolute Gasteiger partial charge is 0.451 e. The molecule has 0 amide bonds. The molecule has 1 aliphatic rings. The highest BCUT2D eigenvalue weighted by Gasteiger charge is 2.34. The molecule has 0 radical (unpaired) electrons. The molecule has 0 unspecified atom stereocenters. The number of hydrogen-bond donors (Lipinski definition) is 5. The largest absolute Gasteiger partial charge is 0.480 e. The van der Waals surface area contributed by atoms with E-state index in [1.807, 2.05) is 0 Å². The minimum absolute atomic E-state index is 0. The highest BCUT2D eigenvalue weighted by atomic mass is 35.5. The number of likely N-dealkylation sites (tertiary alicyclic amines) is 1. The van der Waals surface area contributed by atoms with E-state index in [9.17, 15) is 9.90 Å². The lowest BCUT2D eigenvalue weighted by molar-refractivity contribution is -0.144. The van der Waals surface area contributed by atoms with Crippen LogP contribution in [-0.2, 0) is 4.79 Å². The van der Waals surface area contributed by atoms with E-state index < -0.39 is 18.6 Å². The second kappa shape index (κ2) is 12.3. The van der Waals surface area contributed by atoms with Crippen molar-refractivity contribution in [1.29, 1.82) is 0 Å². The lowest BCUT2D eigenvalue weighted by Gasteiger charge is -2.27. The summed E-state index contributed by atoms with van der Waals surface area (Å²) in [5, 5.41) is 36.0. The van der Waals surface area contributed by atoms with Crippen LogP contribution in [0.5, 0.6) is 0 Å². The molecule has 0 aromatic rings. The Hall–Kier alpha value is -0.0851. The zero-order valence-corrected chi connectivity index (χ0v) is 14.9. The maximum atomic E-state index is 11.4.